The molecule has 2 heterocycles. The fraction of sp³-hybridized carbons (Fsp3) is 0.417. The largest absolute Gasteiger partial charge is 0.384 e. The summed E-state index contributed by atoms with van der Waals surface area (Å²) < 4.78 is 1.72. The monoisotopic (exact) mass is 246 g/mol. The Morgan fingerprint density at radius 3 is 2.50 bits per heavy atom. The second kappa shape index (κ2) is 4.29. The molecule has 0 amide bonds. The SMILES string of the molecule is Cn1ccc(Nc2cc(N)nc(C(C)(C)C)n2)n1. The van der Waals surface area contributed by atoms with Crippen molar-refractivity contribution < 1.29 is 0 Å². The van der Waals surface area contributed by atoms with Crippen molar-refractivity contribution in [2.75, 3.05) is 11.1 Å². The lowest BCUT2D eigenvalue weighted by Gasteiger charge is -2.17. The van der Waals surface area contributed by atoms with E-state index in [-0.39, 0.29) is 5.41 Å². The van der Waals surface area contributed by atoms with Crippen LogP contribution in [0.15, 0.2) is 18.3 Å². The van der Waals surface area contributed by atoms with Crippen molar-refractivity contribution in [1.82, 2.24) is 19.7 Å². The highest BCUT2D eigenvalue weighted by Gasteiger charge is 2.18. The molecule has 3 N–H and O–H groups in total. The number of nitrogens with zero attached hydrogens (tertiary/aromatic N) is 4. The minimum atomic E-state index is -0.143. The highest BCUT2D eigenvalue weighted by Crippen LogP contribution is 2.22. The van der Waals surface area contributed by atoms with E-state index in [1.54, 1.807) is 10.7 Å². The summed E-state index contributed by atoms with van der Waals surface area (Å²) >= 11 is 0. The number of nitrogens with one attached hydrogen (secondary N) is 1. The fourth-order valence-corrected chi connectivity index (χ4v) is 1.48. The number of hydrogen-bond donors (Lipinski definition) is 2. The first-order chi connectivity index (χ1) is 8.34. The summed E-state index contributed by atoms with van der Waals surface area (Å²) in [5, 5.41) is 7.35. The molecule has 0 atom stereocenters. The zero-order valence-corrected chi connectivity index (χ0v) is 11.1. The van der Waals surface area contributed by atoms with E-state index in [4.69, 9.17) is 5.73 Å². The third kappa shape index (κ3) is 2.77. The van der Waals surface area contributed by atoms with Crippen LogP contribution in [0.2, 0.25) is 0 Å². The molecule has 0 aliphatic heterocycles. The molecule has 2 aromatic heterocycles. The molecular weight excluding hydrogens is 228 g/mol. The third-order valence-corrected chi connectivity index (χ3v) is 2.39. The molecule has 0 radical (unpaired) electrons. The van der Waals surface area contributed by atoms with Crippen molar-refractivity contribution in [3.05, 3.63) is 24.2 Å². The molecular formula is C12H18N6. The lowest BCUT2D eigenvalue weighted by molar-refractivity contribution is 0.547. The highest BCUT2D eigenvalue weighted by molar-refractivity contribution is 5.54. The van der Waals surface area contributed by atoms with Gasteiger partial charge in [0.2, 0.25) is 0 Å². The Balaban J connectivity index is 2.31. The molecule has 0 spiro atoms. The lowest BCUT2D eigenvalue weighted by atomic mass is 9.96. The molecule has 0 aromatic carbocycles. The second-order valence-corrected chi connectivity index (χ2v) is 5.25. The van der Waals surface area contributed by atoms with Gasteiger partial charge in [-0.1, -0.05) is 20.8 Å². The van der Waals surface area contributed by atoms with Gasteiger partial charge in [-0.3, -0.25) is 4.68 Å². The molecule has 2 rings (SSSR count). The van der Waals surface area contributed by atoms with E-state index in [9.17, 15) is 0 Å². The van der Waals surface area contributed by atoms with Gasteiger partial charge in [-0.25, -0.2) is 9.97 Å². The van der Waals surface area contributed by atoms with Gasteiger partial charge in [0.25, 0.3) is 0 Å². The minimum absolute atomic E-state index is 0.143. The van der Waals surface area contributed by atoms with Crippen LogP contribution in [0.4, 0.5) is 17.5 Å². The van der Waals surface area contributed by atoms with Crippen LogP contribution in [-0.4, -0.2) is 19.7 Å². The summed E-state index contributed by atoms with van der Waals surface area (Å²) in [6, 6.07) is 3.57. The molecule has 0 saturated heterocycles. The van der Waals surface area contributed by atoms with Crippen LogP contribution in [0.3, 0.4) is 0 Å². The van der Waals surface area contributed by atoms with Gasteiger partial charge in [0.1, 0.15) is 17.5 Å². The van der Waals surface area contributed by atoms with E-state index in [0.29, 0.717) is 17.5 Å². The summed E-state index contributed by atoms with van der Waals surface area (Å²) in [7, 11) is 1.86. The van der Waals surface area contributed by atoms with Gasteiger partial charge >= 0.3 is 0 Å². The highest BCUT2D eigenvalue weighted by atomic mass is 15.3. The topological polar surface area (TPSA) is 81.7 Å². The number of anilines is 3. The first-order valence-electron chi connectivity index (χ1n) is 5.76. The average molecular weight is 246 g/mol. The van der Waals surface area contributed by atoms with Crippen LogP contribution < -0.4 is 11.1 Å². The van der Waals surface area contributed by atoms with Crippen LogP contribution in [0.1, 0.15) is 26.6 Å². The Morgan fingerprint density at radius 1 is 1.22 bits per heavy atom. The third-order valence-electron chi connectivity index (χ3n) is 2.39. The quantitative estimate of drug-likeness (QED) is 0.844. The molecule has 0 aliphatic rings. The van der Waals surface area contributed by atoms with E-state index < -0.39 is 0 Å². The maximum absolute atomic E-state index is 5.80. The van der Waals surface area contributed by atoms with Crippen molar-refractivity contribution in [1.29, 1.82) is 0 Å². The number of rotatable bonds is 2. The van der Waals surface area contributed by atoms with Gasteiger partial charge in [0.05, 0.1) is 0 Å². The van der Waals surface area contributed by atoms with Crippen molar-refractivity contribution in [3.63, 3.8) is 0 Å². The Kier molecular flexibility index (Phi) is 2.94. The average Bonchev–Trinajstić information content (AvgIpc) is 2.61. The van der Waals surface area contributed by atoms with E-state index >= 15 is 0 Å². The molecule has 18 heavy (non-hydrogen) atoms. The van der Waals surface area contributed by atoms with Gasteiger partial charge in [0, 0.05) is 30.8 Å². The standard InChI is InChI=1S/C12H18N6/c1-12(2,3)11-14-8(13)7-10(16-11)15-9-5-6-18(4)17-9/h5-7H,1-4H3,(H3,13,14,15,16,17). The summed E-state index contributed by atoms with van der Waals surface area (Å²) in [5.74, 6) is 2.55. The molecule has 96 valence electrons. The van der Waals surface area contributed by atoms with Crippen LogP contribution in [0.5, 0.6) is 0 Å². The molecule has 0 fully saturated rings. The first-order valence-corrected chi connectivity index (χ1v) is 5.76. The maximum atomic E-state index is 5.80. The molecule has 0 saturated carbocycles. The van der Waals surface area contributed by atoms with Gasteiger partial charge in [-0.15, -0.1) is 0 Å². The summed E-state index contributed by atoms with van der Waals surface area (Å²) in [5.41, 5.74) is 5.66. The molecule has 6 nitrogen and oxygen atoms in total. The smallest absolute Gasteiger partial charge is 0.153 e. The molecule has 0 aliphatic carbocycles. The van der Waals surface area contributed by atoms with Gasteiger partial charge in [-0.05, 0) is 0 Å². The van der Waals surface area contributed by atoms with E-state index in [1.807, 2.05) is 40.1 Å². The van der Waals surface area contributed by atoms with Crippen molar-refractivity contribution >= 4 is 17.5 Å². The summed E-state index contributed by atoms with van der Waals surface area (Å²) in [6.07, 6.45) is 1.86. The Labute approximate surface area is 106 Å². The molecule has 0 unspecified atom stereocenters. The zero-order chi connectivity index (χ0) is 13.3. The van der Waals surface area contributed by atoms with Gasteiger partial charge in [-0.2, -0.15) is 5.10 Å². The molecule has 2 aromatic rings. The van der Waals surface area contributed by atoms with Gasteiger partial charge in [0.15, 0.2) is 5.82 Å². The minimum Gasteiger partial charge on any atom is -0.384 e. The number of hydrogen-bond acceptors (Lipinski definition) is 5. The maximum Gasteiger partial charge on any atom is 0.153 e. The van der Waals surface area contributed by atoms with E-state index in [2.05, 4.69) is 20.4 Å². The zero-order valence-electron chi connectivity index (χ0n) is 11.1. The predicted molar refractivity (Wildman–Crippen MR) is 71.6 cm³/mol. The van der Waals surface area contributed by atoms with Crippen LogP contribution in [-0.2, 0) is 12.5 Å². The van der Waals surface area contributed by atoms with Crippen molar-refractivity contribution in [2.45, 2.75) is 26.2 Å². The number of nitrogens with two attached hydrogens (primary N) is 1. The number of aromatic nitrogens is 4. The van der Waals surface area contributed by atoms with E-state index in [0.717, 1.165) is 5.82 Å². The second-order valence-electron chi connectivity index (χ2n) is 5.25. The summed E-state index contributed by atoms with van der Waals surface area (Å²) in [6.45, 7) is 6.14. The molecule has 6 heteroatoms. The van der Waals surface area contributed by atoms with Crippen LogP contribution in [0.25, 0.3) is 0 Å². The normalized spacial score (nSPS) is 11.6. The predicted octanol–water partition coefficient (Wildman–Crippen LogP) is 1.83. The Hall–Kier alpha value is -2.11. The van der Waals surface area contributed by atoms with Crippen molar-refractivity contribution in [3.8, 4) is 0 Å². The first kappa shape index (κ1) is 12.3. The summed E-state index contributed by atoms with van der Waals surface area (Å²) in [4.78, 5) is 8.71. The van der Waals surface area contributed by atoms with Gasteiger partial charge < -0.3 is 11.1 Å². The fourth-order valence-electron chi connectivity index (χ4n) is 1.48. The van der Waals surface area contributed by atoms with Crippen molar-refractivity contribution in [2.24, 2.45) is 7.05 Å². The number of aryl methyl sites for hydroxylation is 1. The van der Waals surface area contributed by atoms with Crippen LogP contribution in [0, 0.1) is 0 Å². The Bertz CT molecular complexity index is 552. The van der Waals surface area contributed by atoms with Crippen LogP contribution >= 0.6 is 0 Å². The Morgan fingerprint density at radius 2 is 1.94 bits per heavy atom. The lowest BCUT2D eigenvalue weighted by Crippen LogP contribution is -2.17. The number of nitrogen functional groups attached to an aromatic ring is 1. The van der Waals surface area contributed by atoms with E-state index in [1.165, 1.54) is 0 Å². The molecule has 0 bridgehead atoms.